The van der Waals surface area contributed by atoms with Crippen molar-refractivity contribution in [3.8, 4) is 0 Å². The first-order chi connectivity index (χ1) is 7.09. The van der Waals surface area contributed by atoms with E-state index in [4.69, 9.17) is 0 Å². The predicted octanol–water partition coefficient (Wildman–Crippen LogP) is 2.84. The normalized spacial score (nSPS) is 9.53. The van der Waals surface area contributed by atoms with E-state index in [0.717, 1.165) is 6.54 Å². The summed E-state index contributed by atoms with van der Waals surface area (Å²) in [5.74, 6) is 0. The van der Waals surface area contributed by atoms with E-state index in [1.165, 1.54) is 11.3 Å². The molecule has 86 valence electrons. The Bertz CT molecular complexity index is 250. The summed E-state index contributed by atoms with van der Waals surface area (Å²) in [5, 5.41) is 0. The van der Waals surface area contributed by atoms with Crippen molar-refractivity contribution in [3.63, 3.8) is 0 Å². The smallest absolute Gasteiger partial charge is 0.0361 e. The molecule has 0 fully saturated rings. The van der Waals surface area contributed by atoms with Gasteiger partial charge in [0.25, 0.3) is 0 Å². The van der Waals surface area contributed by atoms with Crippen molar-refractivity contribution in [2.24, 2.45) is 0 Å². The van der Waals surface area contributed by atoms with Crippen LogP contribution >= 0.6 is 0 Å². The van der Waals surface area contributed by atoms with Gasteiger partial charge >= 0.3 is 0 Å². The Morgan fingerprint density at radius 1 is 0.867 bits per heavy atom. The van der Waals surface area contributed by atoms with Gasteiger partial charge < -0.3 is 9.80 Å². The standard InChI is InChI=1S/C11H18N2.C2H6/c1-12(2)9-10-5-7-11(8-6-10)13(3)4;1-2/h5-8H,9H2,1-4H3;1-2H3. The van der Waals surface area contributed by atoms with E-state index in [0.29, 0.717) is 0 Å². The van der Waals surface area contributed by atoms with Crippen molar-refractivity contribution in [1.82, 2.24) is 4.90 Å². The molecule has 0 atom stereocenters. The molecule has 0 aliphatic rings. The van der Waals surface area contributed by atoms with E-state index in [1.807, 2.05) is 13.8 Å². The third-order valence-electron chi connectivity index (χ3n) is 1.95. The van der Waals surface area contributed by atoms with Gasteiger partial charge in [-0.3, -0.25) is 0 Å². The maximum atomic E-state index is 2.18. The summed E-state index contributed by atoms with van der Waals surface area (Å²) in [6.45, 7) is 5.01. The minimum absolute atomic E-state index is 1.01. The van der Waals surface area contributed by atoms with Crippen LogP contribution in [-0.2, 0) is 6.54 Å². The average Bonchev–Trinajstić information content (AvgIpc) is 2.20. The zero-order valence-electron chi connectivity index (χ0n) is 10.9. The van der Waals surface area contributed by atoms with Crippen molar-refractivity contribution >= 4 is 5.69 Å². The quantitative estimate of drug-likeness (QED) is 0.753. The molecule has 0 saturated carbocycles. The molecule has 2 nitrogen and oxygen atoms in total. The molecular weight excluding hydrogens is 184 g/mol. The summed E-state index contributed by atoms with van der Waals surface area (Å²) >= 11 is 0. The molecule has 0 spiro atoms. The van der Waals surface area contributed by atoms with E-state index < -0.39 is 0 Å². The Morgan fingerprint density at radius 2 is 1.33 bits per heavy atom. The van der Waals surface area contributed by atoms with Gasteiger partial charge in [-0.25, -0.2) is 0 Å². The van der Waals surface area contributed by atoms with Crippen molar-refractivity contribution in [3.05, 3.63) is 29.8 Å². The SMILES string of the molecule is CC.CN(C)Cc1ccc(N(C)C)cc1. The molecule has 0 aliphatic carbocycles. The lowest BCUT2D eigenvalue weighted by molar-refractivity contribution is 0.402. The van der Waals surface area contributed by atoms with E-state index in [-0.39, 0.29) is 0 Å². The van der Waals surface area contributed by atoms with Crippen LogP contribution in [0, 0.1) is 0 Å². The fourth-order valence-electron chi connectivity index (χ4n) is 1.26. The van der Waals surface area contributed by atoms with Crippen LogP contribution in [0.3, 0.4) is 0 Å². The number of hydrogen-bond donors (Lipinski definition) is 0. The average molecular weight is 208 g/mol. The van der Waals surface area contributed by atoms with Crippen LogP contribution in [0.25, 0.3) is 0 Å². The third kappa shape index (κ3) is 5.43. The molecule has 1 aromatic carbocycles. The molecule has 0 aliphatic heterocycles. The predicted molar refractivity (Wildman–Crippen MR) is 69.5 cm³/mol. The second kappa shape index (κ2) is 7.30. The van der Waals surface area contributed by atoms with E-state index >= 15 is 0 Å². The third-order valence-corrected chi connectivity index (χ3v) is 1.95. The molecular formula is C13H24N2. The molecule has 0 radical (unpaired) electrons. The summed E-state index contributed by atoms with van der Waals surface area (Å²) in [4.78, 5) is 4.28. The van der Waals surface area contributed by atoms with Crippen molar-refractivity contribution in [1.29, 1.82) is 0 Å². The Labute approximate surface area is 94.5 Å². The molecule has 0 aromatic heterocycles. The minimum Gasteiger partial charge on any atom is -0.378 e. The van der Waals surface area contributed by atoms with Crippen LogP contribution in [0.5, 0.6) is 0 Å². The van der Waals surface area contributed by atoms with Crippen molar-refractivity contribution < 1.29 is 0 Å². The molecule has 0 N–H and O–H groups in total. The van der Waals surface area contributed by atoms with Crippen LogP contribution in [0.2, 0.25) is 0 Å². The van der Waals surface area contributed by atoms with Gasteiger partial charge in [-0.05, 0) is 31.8 Å². The monoisotopic (exact) mass is 208 g/mol. The van der Waals surface area contributed by atoms with Gasteiger partial charge in [0.15, 0.2) is 0 Å². The highest BCUT2D eigenvalue weighted by Crippen LogP contribution is 2.12. The van der Waals surface area contributed by atoms with Crippen LogP contribution in [0.15, 0.2) is 24.3 Å². The number of nitrogens with zero attached hydrogens (tertiary/aromatic N) is 2. The fourth-order valence-corrected chi connectivity index (χ4v) is 1.26. The summed E-state index contributed by atoms with van der Waals surface area (Å²) in [7, 11) is 8.28. The second-order valence-corrected chi connectivity index (χ2v) is 3.80. The molecule has 0 heterocycles. The summed E-state index contributed by atoms with van der Waals surface area (Å²) in [6.07, 6.45) is 0. The molecule has 0 bridgehead atoms. The van der Waals surface area contributed by atoms with Crippen LogP contribution in [-0.4, -0.2) is 33.1 Å². The summed E-state index contributed by atoms with van der Waals surface area (Å²) in [5.41, 5.74) is 2.61. The first-order valence-electron chi connectivity index (χ1n) is 5.50. The van der Waals surface area contributed by atoms with E-state index in [2.05, 4.69) is 62.3 Å². The molecule has 0 saturated heterocycles. The molecule has 0 amide bonds. The lowest BCUT2D eigenvalue weighted by atomic mass is 10.2. The highest BCUT2D eigenvalue weighted by molar-refractivity contribution is 5.45. The Hall–Kier alpha value is -1.02. The van der Waals surface area contributed by atoms with E-state index in [9.17, 15) is 0 Å². The molecule has 15 heavy (non-hydrogen) atoms. The number of benzene rings is 1. The second-order valence-electron chi connectivity index (χ2n) is 3.80. The number of rotatable bonds is 3. The Morgan fingerprint density at radius 3 is 1.67 bits per heavy atom. The van der Waals surface area contributed by atoms with Crippen LogP contribution < -0.4 is 4.90 Å². The topological polar surface area (TPSA) is 6.48 Å². The Balaban J connectivity index is 0.000000921. The Kier molecular flexibility index (Phi) is 6.80. The van der Waals surface area contributed by atoms with Crippen molar-refractivity contribution in [2.45, 2.75) is 20.4 Å². The summed E-state index contributed by atoms with van der Waals surface area (Å²) < 4.78 is 0. The van der Waals surface area contributed by atoms with Gasteiger partial charge in [-0.1, -0.05) is 26.0 Å². The maximum Gasteiger partial charge on any atom is 0.0361 e. The zero-order chi connectivity index (χ0) is 11.8. The van der Waals surface area contributed by atoms with Gasteiger partial charge in [0, 0.05) is 26.3 Å². The van der Waals surface area contributed by atoms with Crippen LogP contribution in [0.4, 0.5) is 5.69 Å². The van der Waals surface area contributed by atoms with Gasteiger partial charge in [0.1, 0.15) is 0 Å². The van der Waals surface area contributed by atoms with Crippen molar-refractivity contribution in [2.75, 3.05) is 33.1 Å². The highest BCUT2D eigenvalue weighted by atomic mass is 15.1. The number of hydrogen-bond acceptors (Lipinski definition) is 2. The molecule has 2 heteroatoms. The van der Waals surface area contributed by atoms with Gasteiger partial charge in [0.05, 0.1) is 0 Å². The first-order valence-corrected chi connectivity index (χ1v) is 5.50. The molecule has 1 aromatic rings. The van der Waals surface area contributed by atoms with Gasteiger partial charge in [-0.2, -0.15) is 0 Å². The lowest BCUT2D eigenvalue weighted by Crippen LogP contribution is -2.11. The minimum atomic E-state index is 1.01. The lowest BCUT2D eigenvalue weighted by Gasteiger charge is -2.14. The fraction of sp³-hybridized carbons (Fsp3) is 0.538. The largest absolute Gasteiger partial charge is 0.378 e. The van der Waals surface area contributed by atoms with Gasteiger partial charge in [-0.15, -0.1) is 0 Å². The van der Waals surface area contributed by atoms with E-state index in [1.54, 1.807) is 0 Å². The summed E-state index contributed by atoms with van der Waals surface area (Å²) in [6, 6.07) is 8.66. The zero-order valence-corrected chi connectivity index (χ0v) is 10.9. The highest BCUT2D eigenvalue weighted by Gasteiger charge is 1.96. The molecule has 0 unspecified atom stereocenters. The van der Waals surface area contributed by atoms with Crippen LogP contribution in [0.1, 0.15) is 19.4 Å². The maximum absolute atomic E-state index is 2.18. The van der Waals surface area contributed by atoms with Gasteiger partial charge in [0.2, 0.25) is 0 Å². The first kappa shape index (κ1) is 14.0. The number of anilines is 1. The molecule has 1 rings (SSSR count).